The first-order chi connectivity index (χ1) is 8.44. The quantitative estimate of drug-likeness (QED) is 0.454. The van der Waals surface area contributed by atoms with Gasteiger partial charge in [-0.15, -0.1) is 0 Å². The number of carbonyl (C=O) groups excluding carboxylic acids is 1. The van der Waals surface area contributed by atoms with Gasteiger partial charge < -0.3 is 4.74 Å². The molecule has 0 fully saturated rings. The van der Waals surface area contributed by atoms with Crippen LogP contribution >= 0.6 is 22.6 Å². The van der Waals surface area contributed by atoms with Gasteiger partial charge in [-0.3, -0.25) is 4.79 Å². The molecule has 0 aliphatic heterocycles. The highest BCUT2D eigenvalue weighted by molar-refractivity contribution is 14.1. The summed E-state index contributed by atoms with van der Waals surface area (Å²) in [7, 11) is -2.16. The second kappa shape index (κ2) is 7.05. The van der Waals surface area contributed by atoms with Crippen LogP contribution in [0.3, 0.4) is 0 Å². The molecule has 7 heteroatoms. The highest BCUT2D eigenvalue weighted by Crippen LogP contribution is 2.06. The van der Waals surface area contributed by atoms with Crippen LogP contribution in [-0.4, -0.2) is 32.0 Å². The number of hydrogen-bond acceptors (Lipinski definition) is 4. The number of halogens is 1. The summed E-state index contributed by atoms with van der Waals surface area (Å²) in [5, 5.41) is 0. The maximum absolute atomic E-state index is 11.7. The van der Waals surface area contributed by atoms with Gasteiger partial charge in [0.25, 0.3) is 0 Å². The van der Waals surface area contributed by atoms with Crippen molar-refractivity contribution in [2.45, 2.75) is 9.68 Å². The third-order valence-electron chi connectivity index (χ3n) is 2.14. The lowest BCUT2D eigenvalue weighted by Crippen LogP contribution is -2.34. The Morgan fingerprint density at radius 2 is 2.00 bits per heavy atom. The zero-order valence-corrected chi connectivity index (χ0v) is 12.8. The molecular weight excluding hydrogens is 369 g/mol. The predicted molar refractivity (Wildman–Crippen MR) is 76.9 cm³/mol. The van der Waals surface area contributed by atoms with Crippen LogP contribution in [0.25, 0.3) is 0 Å². The van der Waals surface area contributed by atoms with Gasteiger partial charge in [-0.1, -0.05) is 52.9 Å². The topological polar surface area (TPSA) is 72.5 Å². The van der Waals surface area contributed by atoms with Gasteiger partial charge in [-0.25, -0.2) is 13.1 Å². The lowest BCUT2D eigenvalue weighted by Gasteiger charge is -2.10. The molecular formula is C11H14INO4S. The molecule has 5 nitrogen and oxygen atoms in total. The van der Waals surface area contributed by atoms with Gasteiger partial charge in [0, 0.05) is 6.54 Å². The molecule has 0 amide bonds. The van der Waals surface area contributed by atoms with Gasteiger partial charge in [0.05, 0.1) is 12.9 Å². The Balaban J connectivity index is 2.53. The molecule has 0 bridgehead atoms. The smallest absolute Gasteiger partial charge is 0.319 e. The summed E-state index contributed by atoms with van der Waals surface area (Å²) in [5.74, 6) is -0.545. The maximum atomic E-state index is 11.7. The number of hydrogen-bond donors (Lipinski definition) is 1. The number of benzene rings is 1. The van der Waals surface area contributed by atoms with Crippen molar-refractivity contribution in [1.82, 2.24) is 4.72 Å². The molecule has 1 atom stereocenters. The molecule has 100 valence electrons. The van der Waals surface area contributed by atoms with E-state index in [1.54, 1.807) is 24.3 Å². The van der Waals surface area contributed by atoms with E-state index >= 15 is 0 Å². The van der Waals surface area contributed by atoms with Crippen molar-refractivity contribution in [2.24, 2.45) is 0 Å². The van der Waals surface area contributed by atoms with Gasteiger partial charge in [-0.05, 0) is 5.56 Å². The van der Waals surface area contributed by atoms with Crippen LogP contribution in [0.5, 0.6) is 0 Å². The molecule has 1 rings (SSSR count). The molecule has 0 heterocycles. The third-order valence-corrected chi connectivity index (χ3v) is 4.41. The first-order valence-electron chi connectivity index (χ1n) is 5.18. The number of alkyl halides is 1. The van der Waals surface area contributed by atoms with Gasteiger partial charge in [0.2, 0.25) is 10.0 Å². The van der Waals surface area contributed by atoms with E-state index in [1.165, 1.54) is 7.11 Å². The molecule has 0 aliphatic rings. The SMILES string of the molecule is COC(=O)C(I)CNS(=O)(=O)Cc1ccccc1. The first kappa shape index (κ1) is 15.4. The number of sulfonamides is 1. The van der Waals surface area contributed by atoms with Crippen LogP contribution in [0.1, 0.15) is 5.56 Å². The van der Waals surface area contributed by atoms with E-state index in [0.29, 0.717) is 5.56 Å². The van der Waals surface area contributed by atoms with Gasteiger partial charge in [0.1, 0.15) is 3.92 Å². The van der Waals surface area contributed by atoms with Crippen molar-refractivity contribution in [1.29, 1.82) is 0 Å². The minimum Gasteiger partial charge on any atom is -0.468 e. The van der Waals surface area contributed by atoms with E-state index in [1.807, 2.05) is 28.7 Å². The number of nitrogens with one attached hydrogen (secondary N) is 1. The number of ether oxygens (including phenoxy) is 1. The van der Waals surface area contributed by atoms with Crippen LogP contribution in [0.15, 0.2) is 30.3 Å². The average Bonchev–Trinajstić information content (AvgIpc) is 2.35. The predicted octanol–water partition coefficient (Wildman–Crippen LogP) is 1.08. The van der Waals surface area contributed by atoms with Crippen LogP contribution in [0.2, 0.25) is 0 Å². The summed E-state index contributed by atoms with van der Waals surface area (Å²) in [6.07, 6.45) is 0. The first-order valence-corrected chi connectivity index (χ1v) is 8.07. The molecule has 1 unspecified atom stereocenters. The summed E-state index contributed by atoms with van der Waals surface area (Å²) in [6, 6.07) is 8.85. The Labute approximate surface area is 120 Å². The minimum atomic E-state index is -3.43. The van der Waals surface area contributed by atoms with Crippen LogP contribution in [0, 0.1) is 0 Å². The monoisotopic (exact) mass is 383 g/mol. The molecule has 1 aromatic rings. The van der Waals surface area contributed by atoms with Gasteiger partial charge in [-0.2, -0.15) is 0 Å². The van der Waals surface area contributed by atoms with Crippen molar-refractivity contribution in [2.75, 3.05) is 13.7 Å². The summed E-state index contributed by atoms with van der Waals surface area (Å²) >= 11 is 1.84. The fraction of sp³-hybridized carbons (Fsp3) is 0.364. The molecule has 0 aliphatic carbocycles. The number of rotatable bonds is 6. The Morgan fingerprint density at radius 1 is 1.39 bits per heavy atom. The molecule has 0 saturated heterocycles. The van der Waals surface area contributed by atoms with Crippen LogP contribution in [0.4, 0.5) is 0 Å². The second-order valence-electron chi connectivity index (χ2n) is 3.58. The largest absolute Gasteiger partial charge is 0.468 e. The van der Waals surface area contributed by atoms with E-state index in [4.69, 9.17) is 0 Å². The highest BCUT2D eigenvalue weighted by Gasteiger charge is 2.19. The van der Waals surface area contributed by atoms with E-state index in [9.17, 15) is 13.2 Å². The van der Waals surface area contributed by atoms with E-state index in [0.717, 1.165) is 0 Å². The molecule has 1 N–H and O–H groups in total. The molecule has 18 heavy (non-hydrogen) atoms. The number of methoxy groups -OCH3 is 1. The summed E-state index contributed by atoms with van der Waals surface area (Å²) in [5.41, 5.74) is 0.702. The second-order valence-corrected chi connectivity index (χ2v) is 6.89. The van der Waals surface area contributed by atoms with Crippen molar-refractivity contribution in [3.8, 4) is 0 Å². The highest BCUT2D eigenvalue weighted by atomic mass is 127. The standard InChI is InChI=1S/C11H14INO4S/c1-17-11(14)10(12)7-13-18(15,16)8-9-5-3-2-4-6-9/h2-6,10,13H,7-8H2,1H3. The average molecular weight is 383 g/mol. The zero-order valence-electron chi connectivity index (χ0n) is 9.80. The lowest BCUT2D eigenvalue weighted by atomic mass is 10.2. The van der Waals surface area contributed by atoms with Crippen molar-refractivity contribution >= 4 is 38.6 Å². The fourth-order valence-corrected chi connectivity index (χ4v) is 3.18. The molecule has 0 aromatic heterocycles. The van der Waals surface area contributed by atoms with E-state index in [-0.39, 0.29) is 12.3 Å². The number of esters is 1. The number of carbonyl (C=O) groups is 1. The van der Waals surface area contributed by atoms with Crippen LogP contribution < -0.4 is 4.72 Å². The lowest BCUT2D eigenvalue weighted by molar-refractivity contribution is -0.139. The maximum Gasteiger partial charge on any atom is 0.319 e. The van der Waals surface area contributed by atoms with Crippen molar-refractivity contribution in [3.05, 3.63) is 35.9 Å². The Morgan fingerprint density at radius 3 is 2.56 bits per heavy atom. The van der Waals surface area contributed by atoms with Crippen molar-refractivity contribution in [3.63, 3.8) is 0 Å². The molecule has 0 spiro atoms. The minimum absolute atomic E-state index is 0.0302. The van der Waals surface area contributed by atoms with Gasteiger partial charge >= 0.3 is 5.97 Å². The molecule has 1 aromatic carbocycles. The van der Waals surface area contributed by atoms with Crippen LogP contribution in [-0.2, 0) is 25.3 Å². The zero-order chi connectivity index (χ0) is 13.6. The molecule has 0 saturated carbocycles. The summed E-state index contributed by atoms with van der Waals surface area (Å²) in [6.45, 7) is 0.0302. The Bertz CT molecular complexity index is 489. The summed E-state index contributed by atoms with van der Waals surface area (Å²) < 4.78 is 29.9. The normalized spacial score (nSPS) is 13.0. The fourth-order valence-electron chi connectivity index (χ4n) is 1.26. The third kappa shape index (κ3) is 5.32. The van der Waals surface area contributed by atoms with E-state index in [2.05, 4.69) is 9.46 Å². The Hall–Kier alpha value is -0.670. The van der Waals surface area contributed by atoms with E-state index < -0.39 is 19.9 Å². The Kier molecular flexibility index (Phi) is 6.03. The van der Waals surface area contributed by atoms with Gasteiger partial charge in [0.15, 0.2) is 0 Å². The molecule has 0 radical (unpaired) electrons. The summed E-state index contributed by atoms with van der Waals surface area (Å²) in [4.78, 5) is 11.1. The van der Waals surface area contributed by atoms with Crippen molar-refractivity contribution < 1.29 is 17.9 Å².